The number of nitrogens with one attached hydrogen (secondary N) is 1. The van der Waals surface area contributed by atoms with E-state index in [1.807, 2.05) is 11.9 Å². The molecule has 0 heterocycles. The van der Waals surface area contributed by atoms with Crippen LogP contribution in [0.5, 0.6) is 0 Å². The van der Waals surface area contributed by atoms with Crippen LogP contribution in [0.3, 0.4) is 0 Å². The van der Waals surface area contributed by atoms with E-state index in [0.29, 0.717) is 10.8 Å². The van der Waals surface area contributed by atoms with Crippen LogP contribution < -0.4 is 4.72 Å². The molecule has 0 radical (unpaired) electrons. The third kappa shape index (κ3) is 5.04. The van der Waals surface area contributed by atoms with Crippen molar-refractivity contribution in [2.45, 2.75) is 57.7 Å². The Morgan fingerprint density at radius 1 is 1.42 bits per heavy atom. The first-order chi connectivity index (χ1) is 5.47. The molecule has 1 rings (SSSR count). The second-order valence-corrected chi connectivity index (χ2v) is 6.58. The molecule has 1 saturated carbocycles. The normalized spacial score (nSPS) is 21.0. The molecule has 0 saturated heterocycles. The maximum absolute atomic E-state index is 3.51. The fourth-order valence-electron chi connectivity index (χ4n) is 1.18. The van der Waals surface area contributed by atoms with Crippen LogP contribution in [-0.2, 0) is 0 Å². The molecule has 0 aliphatic heterocycles. The van der Waals surface area contributed by atoms with Crippen LogP contribution in [0.15, 0.2) is 0 Å². The van der Waals surface area contributed by atoms with Gasteiger partial charge in [0.05, 0.1) is 0 Å². The minimum absolute atomic E-state index is 0.345. The third-order valence-electron chi connectivity index (χ3n) is 1.95. The van der Waals surface area contributed by atoms with Crippen LogP contribution in [-0.4, -0.2) is 10.8 Å². The van der Waals surface area contributed by atoms with E-state index in [4.69, 9.17) is 0 Å². The molecule has 1 aliphatic rings. The molecule has 1 unspecified atom stereocenters. The molecule has 1 N–H and O–H groups in total. The average molecular weight is 187 g/mol. The van der Waals surface area contributed by atoms with Gasteiger partial charge in [-0.15, -0.1) is 0 Å². The van der Waals surface area contributed by atoms with Crippen molar-refractivity contribution in [3.63, 3.8) is 0 Å². The predicted octanol–water partition coefficient (Wildman–Crippen LogP) is 3.21. The molecule has 2 heteroatoms. The summed E-state index contributed by atoms with van der Waals surface area (Å²) >= 11 is 1.86. The van der Waals surface area contributed by atoms with Gasteiger partial charge >= 0.3 is 0 Å². The lowest BCUT2D eigenvalue weighted by molar-refractivity contribution is 0.576. The van der Waals surface area contributed by atoms with E-state index in [2.05, 4.69) is 32.4 Å². The van der Waals surface area contributed by atoms with Crippen LogP contribution in [0, 0.1) is 5.92 Å². The van der Waals surface area contributed by atoms with Gasteiger partial charge in [0, 0.05) is 10.8 Å². The highest BCUT2D eigenvalue weighted by Crippen LogP contribution is 2.34. The van der Waals surface area contributed by atoms with Gasteiger partial charge in [-0.3, -0.25) is 4.72 Å². The topological polar surface area (TPSA) is 12.0 Å². The summed E-state index contributed by atoms with van der Waals surface area (Å²) in [5, 5.41) is 0. The maximum Gasteiger partial charge on any atom is 0.0220 e. The SMILES string of the molecule is CC(CC1CC1)NSC(C)(C)C. The third-order valence-corrected chi connectivity index (χ3v) is 3.08. The molecule has 0 bridgehead atoms. The zero-order valence-electron chi connectivity index (χ0n) is 8.68. The Labute approximate surface area is 80.8 Å². The summed E-state index contributed by atoms with van der Waals surface area (Å²) in [5.74, 6) is 1.04. The second-order valence-electron chi connectivity index (χ2n) is 4.91. The Balaban J connectivity index is 2.04. The fourth-order valence-corrected chi connectivity index (χ4v) is 1.83. The van der Waals surface area contributed by atoms with Crippen molar-refractivity contribution in [1.82, 2.24) is 4.72 Å². The zero-order chi connectivity index (χ0) is 9.19. The van der Waals surface area contributed by atoms with Gasteiger partial charge in [-0.05, 0) is 40.0 Å². The summed E-state index contributed by atoms with van der Waals surface area (Å²) in [6, 6.07) is 0.682. The lowest BCUT2D eigenvalue weighted by atomic mass is 10.2. The molecular weight excluding hydrogens is 166 g/mol. The first kappa shape index (κ1) is 10.4. The van der Waals surface area contributed by atoms with Crippen LogP contribution >= 0.6 is 11.9 Å². The molecule has 1 atom stereocenters. The Hall–Kier alpha value is 0.310. The number of rotatable bonds is 4. The molecule has 0 aromatic carbocycles. The zero-order valence-corrected chi connectivity index (χ0v) is 9.50. The number of hydrogen-bond acceptors (Lipinski definition) is 2. The van der Waals surface area contributed by atoms with Crippen LogP contribution in [0.2, 0.25) is 0 Å². The van der Waals surface area contributed by atoms with Crippen molar-refractivity contribution in [2.75, 3.05) is 0 Å². The van der Waals surface area contributed by atoms with Crippen LogP contribution in [0.25, 0.3) is 0 Å². The molecular formula is C10H21NS. The van der Waals surface area contributed by atoms with E-state index in [1.54, 1.807) is 0 Å². The molecule has 0 aromatic rings. The van der Waals surface area contributed by atoms with Crippen LogP contribution in [0.1, 0.15) is 47.0 Å². The molecule has 0 amide bonds. The summed E-state index contributed by atoms with van der Waals surface area (Å²) in [4.78, 5) is 0. The average Bonchev–Trinajstić information content (AvgIpc) is 2.66. The van der Waals surface area contributed by atoms with E-state index in [-0.39, 0.29) is 0 Å². The van der Waals surface area contributed by atoms with Gasteiger partial charge in [0.2, 0.25) is 0 Å². The lowest BCUT2D eigenvalue weighted by Gasteiger charge is -2.21. The Morgan fingerprint density at radius 3 is 2.42 bits per heavy atom. The van der Waals surface area contributed by atoms with E-state index in [9.17, 15) is 0 Å². The summed E-state index contributed by atoms with van der Waals surface area (Å²) < 4.78 is 3.86. The Morgan fingerprint density at radius 2 is 2.00 bits per heavy atom. The molecule has 1 aliphatic carbocycles. The van der Waals surface area contributed by atoms with Crippen molar-refractivity contribution in [1.29, 1.82) is 0 Å². The highest BCUT2D eigenvalue weighted by Gasteiger charge is 2.24. The van der Waals surface area contributed by atoms with Gasteiger partial charge in [0.15, 0.2) is 0 Å². The van der Waals surface area contributed by atoms with Crippen molar-refractivity contribution in [3.05, 3.63) is 0 Å². The molecule has 0 spiro atoms. The molecule has 1 fully saturated rings. The second kappa shape index (κ2) is 4.01. The van der Waals surface area contributed by atoms with E-state index in [0.717, 1.165) is 5.92 Å². The molecule has 0 aromatic heterocycles. The summed E-state index contributed by atoms with van der Waals surface area (Å²) in [5.41, 5.74) is 0. The summed E-state index contributed by atoms with van der Waals surface area (Å²) in [6.07, 6.45) is 4.29. The quantitative estimate of drug-likeness (QED) is 0.678. The summed E-state index contributed by atoms with van der Waals surface area (Å²) in [6.45, 7) is 9.02. The van der Waals surface area contributed by atoms with Gasteiger partial charge < -0.3 is 0 Å². The maximum atomic E-state index is 3.51. The Bertz CT molecular complexity index is 135. The van der Waals surface area contributed by atoms with E-state index in [1.165, 1.54) is 19.3 Å². The minimum Gasteiger partial charge on any atom is -0.261 e. The van der Waals surface area contributed by atoms with Gasteiger partial charge in [-0.1, -0.05) is 24.8 Å². The van der Waals surface area contributed by atoms with E-state index >= 15 is 0 Å². The van der Waals surface area contributed by atoms with Crippen molar-refractivity contribution in [2.24, 2.45) is 5.92 Å². The Kier molecular flexibility index (Phi) is 3.47. The standard InChI is InChI=1S/C10H21NS/c1-8(7-9-5-6-9)11-12-10(2,3)4/h8-9,11H,5-7H2,1-4H3. The lowest BCUT2D eigenvalue weighted by Crippen LogP contribution is -2.25. The van der Waals surface area contributed by atoms with Crippen molar-refractivity contribution < 1.29 is 0 Å². The molecule has 1 nitrogen and oxygen atoms in total. The first-order valence-electron chi connectivity index (χ1n) is 4.91. The van der Waals surface area contributed by atoms with E-state index < -0.39 is 0 Å². The van der Waals surface area contributed by atoms with Gasteiger partial charge in [-0.2, -0.15) is 0 Å². The van der Waals surface area contributed by atoms with Gasteiger partial charge in [0.25, 0.3) is 0 Å². The summed E-state index contributed by atoms with van der Waals surface area (Å²) in [7, 11) is 0. The predicted molar refractivity (Wildman–Crippen MR) is 57.3 cm³/mol. The van der Waals surface area contributed by atoms with Gasteiger partial charge in [0.1, 0.15) is 0 Å². The van der Waals surface area contributed by atoms with Crippen molar-refractivity contribution >= 4 is 11.9 Å². The first-order valence-corrected chi connectivity index (χ1v) is 5.72. The smallest absolute Gasteiger partial charge is 0.0220 e. The van der Waals surface area contributed by atoms with Crippen LogP contribution in [0.4, 0.5) is 0 Å². The monoisotopic (exact) mass is 187 g/mol. The van der Waals surface area contributed by atoms with Gasteiger partial charge in [-0.25, -0.2) is 0 Å². The fraction of sp³-hybridized carbons (Fsp3) is 1.00. The highest BCUT2D eigenvalue weighted by atomic mass is 32.2. The minimum atomic E-state index is 0.345. The molecule has 72 valence electrons. The largest absolute Gasteiger partial charge is 0.261 e. The highest BCUT2D eigenvalue weighted by molar-refractivity contribution is 7.98. The molecule has 12 heavy (non-hydrogen) atoms. The van der Waals surface area contributed by atoms with Crippen molar-refractivity contribution in [3.8, 4) is 0 Å². The number of hydrogen-bond donors (Lipinski definition) is 1.